The van der Waals surface area contributed by atoms with Gasteiger partial charge >= 0.3 is 0 Å². The number of unbranched alkanes of at least 4 members (excludes halogenated alkanes) is 1. The van der Waals surface area contributed by atoms with E-state index in [-0.39, 0.29) is 5.78 Å². The van der Waals surface area contributed by atoms with Crippen molar-refractivity contribution in [2.75, 3.05) is 0 Å². The molecule has 0 aliphatic rings. The molecule has 0 spiro atoms. The second-order valence-electron chi connectivity index (χ2n) is 3.54. The van der Waals surface area contributed by atoms with Crippen molar-refractivity contribution < 1.29 is 4.79 Å². The molecule has 0 N–H and O–H groups in total. The lowest BCUT2D eigenvalue weighted by molar-refractivity contribution is -0.113. The van der Waals surface area contributed by atoms with Crippen LogP contribution in [-0.2, 0) is 4.79 Å². The van der Waals surface area contributed by atoms with Crippen molar-refractivity contribution in [1.82, 2.24) is 0 Å². The molecule has 0 unspecified atom stereocenters. The fraction of sp³-hybridized carbons (Fsp3) is 0.267. The zero-order chi connectivity index (χ0) is 11.6. The smallest absolute Gasteiger partial charge is 0.205 e. The molecule has 0 amide bonds. The van der Waals surface area contributed by atoms with Crippen molar-refractivity contribution in [3.05, 3.63) is 42.0 Å². The van der Waals surface area contributed by atoms with Gasteiger partial charge in [-0.25, -0.2) is 0 Å². The van der Waals surface area contributed by atoms with Gasteiger partial charge in [0.25, 0.3) is 0 Å². The molecule has 0 fully saturated rings. The molecule has 0 bridgehead atoms. The summed E-state index contributed by atoms with van der Waals surface area (Å²) in [5.74, 6) is 5.40. The van der Waals surface area contributed by atoms with E-state index in [1.165, 1.54) is 0 Å². The first-order chi connectivity index (χ1) is 7.83. The molecule has 0 heterocycles. The number of carbonyl (C=O) groups excluding carboxylic acids is 1. The highest BCUT2D eigenvalue weighted by molar-refractivity contribution is 5.95. The molecule has 0 atom stereocenters. The minimum absolute atomic E-state index is 0.0274. The Kier molecular flexibility index (Phi) is 5.73. The fourth-order valence-corrected chi connectivity index (χ4v) is 1.22. The van der Waals surface area contributed by atoms with Crippen LogP contribution >= 0.6 is 0 Å². The van der Waals surface area contributed by atoms with E-state index in [9.17, 15) is 4.79 Å². The Morgan fingerprint density at radius 3 is 2.75 bits per heavy atom. The number of rotatable bonds is 4. The molecule has 0 radical (unpaired) electrons. The number of benzene rings is 1. The molecule has 0 aliphatic carbocycles. The van der Waals surface area contributed by atoms with Gasteiger partial charge in [-0.15, -0.1) is 0 Å². The number of allylic oxidation sites excluding steroid dienone is 1. The normalized spacial score (nSPS) is 9.81. The van der Waals surface area contributed by atoms with Gasteiger partial charge in [-0.3, -0.25) is 4.79 Å². The van der Waals surface area contributed by atoms with E-state index in [0.29, 0.717) is 6.42 Å². The zero-order valence-electron chi connectivity index (χ0n) is 9.57. The van der Waals surface area contributed by atoms with Gasteiger partial charge in [-0.05, 0) is 30.1 Å². The summed E-state index contributed by atoms with van der Waals surface area (Å²) in [5.41, 5.74) is 1.10. The Morgan fingerprint density at radius 1 is 1.31 bits per heavy atom. The third-order valence-corrected chi connectivity index (χ3v) is 2.13. The van der Waals surface area contributed by atoms with Crippen LogP contribution in [0.4, 0.5) is 0 Å². The summed E-state index contributed by atoms with van der Waals surface area (Å²) in [4.78, 5) is 11.2. The zero-order valence-corrected chi connectivity index (χ0v) is 9.57. The minimum atomic E-state index is 0.0274. The predicted molar refractivity (Wildman–Crippen MR) is 67.8 cm³/mol. The van der Waals surface area contributed by atoms with Crippen LogP contribution in [0, 0.1) is 11.8 Å². The third kappa shape index (κ3) is 5.17. The highest BCUT2D eigenvalue weighted by atomic mass is 16.1. The van der Waals surface area contributed by atoms with Crippen LogP contribution in [0.1, 0.15) is 31.7 Å². The van der Waals surface area contributed by atoms with Crippen LogP contribution in [0.15, 0.2) is 36.4 Å². The number of hydrogen-bond acceptors (Lipinski definition) is 1. The van der Waals surface area contributed by atoms with Crippen molar-refractivity contribution in [2.24, 2.45) is 0 Å². The monoisotopic (exact) mass is 212 g/mol. The maximum absolute atomic E-state index is 11.2. The van der Waals surface area contributed by atoms with Crippen LogP contribution < -0.4 is 0 Å². The van der Waals surface area contributed by atoms with Crippen LogP contribution in [0.25, 0.3) is 6.08 Å². The van der Waals surface area contributed by atoms with Gasteiger partial charge in [-0.1, -0.05) is 49.6 Å². The SMILES string of the molecule is CCCCC(=O)C#CC=Cc1ccccc1. The summed E-state index contributed by atoms with van der Waals surface area (Å²) in [7, 11) is 0. The Bertz CT molecular complexity index is 404. The lowest BCUT2D eigenvalue weighted by Crippen LogP contribution is -1.91. The Labute approximate surface area is 97.2 Å². The van der Waals surface area contributed by atoms with Crippen molar-refractivity contribution in [3.8, 4) is 11.8 Å². The van der Waals surface area contributed by atoms with E-state index in [4.69, 9.17) is 0 Å². The molecule has 1 nitrogen and oxygen atoms in total. The number of Topliss-reactive ketones (excluding diaryl/α,β-unsaturated/α-hetero) is 1. The first-order valence-corrected chi connectivity index (χ1v) is 5.59. The van der Waals surface area contributed by atoms with E-state index in [1.807, 2.05) is 36.4 Å². The number of ketones is 1. The molecule has 1 heteroatoms. The van der Waals surface area contributed by atoms with E-state index < -0.39 is 0 Å². The Balaban J connectivity index is 2.42. The average Bonchev–Trinajstić information content (AvgIpc) is 2.33. The second-order valence-corrected chi connectivity index (χ2v) is 3.54. The Hall–Kier alpha value is -1.81. The molecule has 0 saturated carbocycles. The molecule has 0 aliphatic heterocycles. The molecule has 0 saturated heterocycles. The lowest BCUT2D eigenvalue weighted by atomic mass is 10.2. The van der Waals surface area contributed by atoms with E-state index in [2.05, 4.69) is 18.8 Å². The summed E-state index contributed by atoms with van der Waals surface area (Å²) in [6.07, 6.45) is 6.16. The van der Waals surface area contributed by atoms with Gasteiger partial charge in [0.15, 0.2) is 0 Å². The summed E-state index contributed by atoms with van der Waals surface area (Å²) in [6, 6.07) is 9.91. The summed E-state index contributed by atoms with van der Waals surface area (Å²) in [6.45, 7) is 2.07. The topological polar surface area (TPSA) is 17.1 Å². The summed E-state index contributed by atoms with van der Waals surface area (Å²) >= 11 is 0. The van der Waals surface area contributed by atoms with Crippen LogP contribution in [0.5, 0.6) is 0 Å². The largest absolute Gasteiger partial charge is 0.285 e. The molecule has 1 rings (SSSR count). The number of carbonyl (C=O) groups is 1. The van der Waals surface area contributed by atoms with Gasteiger partial charge in [0.2, 0.25) is 5.78 Å². The third-order valence-electron chi connectivity index (χ3n) is 2.13. The van der Waals surface area contributed by atoms with Crippen LogP contribution in [0.2, 0.25) is 0 Å². The first kappa shape index (κ1) is 12.3. The number of hydrogen-bond donors (Lipinski definition) is 0. The molecule has 1 aromatic carbocycles. The van der Waals surface area contributed by atoms with E-state index in [0.717, 1.165) is 18.4 Å². The highest BCUT2D eigenvalue weighted by Gasteiger charge is 1.92. The van der Waals surface area contributed by atoms with Crippen LogP contribution in [-0.4, -0.2) is 5.78 Å². The second kappa shape index (κ2) is 7.48. The molecular formula is C15H16O. The Morgan fingerprint density at radius 2 is 2.06 bits per heavy atom. The van der Waals surface area contributed by atoms with E-state index >= 15 is 0 Å². The minimum Gasteiger partial charge on any atom is -0.285 e. The molecule has 0 aromatic heterocycles. The lowest BCUT2D eigenvalue weighted by Gasteiger charge is -1.88. The summed E-state index contributed by atoms with van der Waals surface area (Å²) < 4.78 is 0. The quantitative estimate of drug-likeness (QED) is 0.551. The summed E-state index contributed by atoms with van der Waals surface area (Å²) in [5, 5.41) is 0. The first-order valence-electron chi connectivity index (χ1n) is 5.59. The van der Waals surface area contributed by atoms with E-state index in [1.54, 1.807) is 6.08 Å². The molecule has 82 valence electrons. The standard InChI is InChI=1S/C15H16O/c1-2-3-12-15(16)13-8-7-11-14-9-5-4-6-10-14/h4-7,9-11H,2-3,12H2,1H3. The highest BCUT2D eigenvalue weighted by Crippen LogP contribution is 2.00. The van der Waals surface area contributed by atoms with Gasteiger partial charge in [0.1, 0.15) is 0 Å². The van der Waals surface area contributed by atoms with Gasteiger partial charge in [0.05, 0.1) is 0 Å². The predicted octanol–water partition coefficient (Wildman–Crippen LogP) is 3.46. The van der Waals surface area contributed by atoms with Crippen LogP contribution in [0.3, 0.4) is 0 Å². The van der Waals surface area contributed by atoms with Gasteiger partial charge < -0.3 is 0 Å². The van der Waals surface area contributed by atoms with Gasteiger partial charge in [-0.2, -0.15) is 0 Å². The fourth-order valence-electron chi connectivity index (χ4n) is 1.22. The van der Waals surface area contributed by atoms with Crippen molar-refractivity contribution in [2.45, 2.75) is 26.2 Å². The molecule has 16 heavy (non-hydrogen) atoms. The van der Waals surface area contributed by atoms with Gasteiger partial charge in [0, 0.05) is 6.42 Å². The maximum Gasteiger partial charge on any atom is 0.205 e. The van der Waals surface area contributed by atoms with Crippen molar-refractivity contribution >= 4 is 11.9 Å². The molecular weight excluding hydrogens is 196 g/mol. The van der Waals surface area contributed by atoms with Crippen molar-refractivity contribution in [3.63, 3.8) is 0 Å². The average molecular weight is 212 g/mol. The maximum atomic E-state index is 11.2. The molecule has 1 aromatic rings. The van der Waals surface area contributed by atoms with Crippen molar-refractivity contribution in [1.29, 1.82) is 0 Å².